The zero-order valence-corrected chi connectivity index (χ0v) is 21.2. The lowest BCUT2D eigenvalue weighted by Crippen LogP contribution is -1.87. The van der Waals surface area contributed by atoms with Gasteiger partial charge in [-0.2, -0.15) is 0 Å². The monoisotopic (exact) mass is 485 g/mol. The van der Waals surface area contributed by atoms with Crippen LogP contribution in [-0.2, 0) is 0 Å². The first-order valence-electron chi connectivity index (χ1n) is 13.1. The van der Waals surface area contributed by atoms with Gasteiger partial charge in [-0.15, -0.1) is 0 Å². The van der Waals surface area contributed by atoms with Crippen molar-refractivity contribution in [2.75, 3.05) is 0 Å². The standard InChI is InChI=1S/C35H23N3/c1-20-11-12-27(21(2)13-20)26-15-29-28-14-22-7-3-5-9-24(22)17-31(28)38-34(29)33(19-26)37-32-18-25-10-6-4-8-23(25)16-30(32)36-35(37)38/h3-19H,1-2H3. The zero-order chi connectivity index (χ0) is 25.1. The van der Waals surface area contributed by atoms with Crippen molar-refractivity contribution in [1.82, 2.24) is 13.8 Å². The number of aryl methyl sites for hydroxylation is 2. The summed E-state index contributed by atoms with van der Waals surface area (Å²) in [5.41, 5.74) is 10.9. The van der Waals surface area contributed by atoms with Crippen LogP contribution in [0.1, 0.15) is 11.1 Å². The molecule has 3 heteroatoms. The van der Waals surface area contributed by atoms with E-state index < -0.39 is 0 Å². The van der Waals surface area contributed by atoms with Crippen LogP contribution in [0.3, 0.4) is 0 Å². The van der Waals surface area contributed by atoms with Crippen LogP contribution in [0.2, 0.25) is 0 Å². The maximum atomic E-state index is 5.24. The van der Waals surface area contributed by atoms with Crippen LogP contribution >= 0.6 is 0 Å². The maximum Gasteiger partial charge on any atom is 0.220 e. The minimum Gasteiger partial charge on any atom is -0.277 e. The average molecular weight is 486 g/mol. The lowest BCUT2D eigenvalue weighted by atomic mass is 9.96. The van der Waals surface area contributed by atoms with E-state index in [9.17, 15) is 0 Å². The molecule has 3 nitrogen and oxygen atoms in total. The Morgan fingerprint density at radius 1 is 0.553 bits per heavy atom. The number of imidazole rings is 2. The summed E-state index contributed by atoms with van der Waals surface area (Å²) in [7, 11) is 0. The van der Waals surface area contributed by atoms with E-state index in [0.29, 0.717) is 0 Å². The molecule has 0 N–H and O–H groups in total. The molecule has 0 saturated heterocycles. The van der Waals surface area contributed by atoms with Gasteiger partial charge in [0, 0.05) is 10.8 Å². The van der Waals surface area contributed by atoms with Crippen LogP contribution in [0.15, 0.2) is 103 Å². The molecular formula is C35H23N3. The lowest BCUT2D eigenvalue weighted by molar-refractivity contribution is 1.22. The number of aromatic nitrogens is 3. The SMILES string of the molecule is Cc1ccc(-c2cc3c4cc5ccccc5cc4n4c3c(c2)n2c3cc5ccccc5cc3nc24)c(C)c1. The minimum absolute atomic E-state index is 0.971. The molecule has 3 aromatic heterocycles. The molecule has 6 aromatic carbocycles. The molecule has 0 aliphatic heterocycles. The van der Waals surface area contributed by atoms with Gasteiger partial charge in [0.1, 0.15) is 0 Å². The van der Waals surface area contributed by atoms with Gasteiger partial charge < -0.3 is 0 Å². The van der Waals surface area contributed by atoms with Gasteiger partial charge in [-0.1, -0.05) is 72.3 Å². The fourth-order valence-electron chi connectivity index (χ4n) is 6.62. The predicted molar refractivity (Wildman–Crippen MR) is 160 cm³/mol. The molecule has 9 aromatic rings. The summed E-state index contributed by atoms with van der Waals surface area (Å²) >= 11 is 0. The fourth-order valence-corrected chi connectivity index (χ4v) is 6.62. The molecule has 38 heavy (non-hydrogen) atoms. The second kappa shape index (κ2) is 6.90. The predicted octanol–water partition coefficient (Wildman–Crippen LogP) is 9.07. The topological polar surface area (TPSA) is 21.7 Å². The van der Waals surface area contributed by atoms with Gasteiger partial charge in [-0.25, -0.2) is 4.98 Å². The van der Waals surface area contributed by atoms with Crippen LogP contribution < -0.4 is 0 Å². The Labute approximate surface area is 218 Å². The molecular weight excluding hydrogens is 462 g/mol. The fraction of sp³-hybridized carbons (Fsp3) is 0.0571. The van der Waals surface area contributed by atoms with Crippen molar-refractivity contribution in [3.63, 3.8) is 0 Å². The quantitative estimate of drug-likeness (QED) is 0.227. The zero-order valence-electron chi connectivity index (χ0n) is 21.2. The Hall–Kier alpha value is -4.89. The Morgan fingerprint density at radius 2 is 1.24 bits per heavy atom. The molecule has 0 fully saturated rings. The Balaban J connectivity index is 1.54. The molecule has 0 spiro atoms. The highest BCUT2D eigenvalue weighted by Crippen LogP contribution is 2.41. The molecule has 0 unspecified atom stereocenters. The van der Waals surface area contributed by atoms with E-state index in [1.807, 2.05) is 0 Å². The van der Waals surface area contributed by atoms with Crippen molar-refractivity contribution < 1.29 is 0 Å². The molecule has 0 radical (unpaired) electrons. The van der Waals surface area contributed by atoms with E-state index in [-0.39, 0.29) is 0 Å². The maximum absolute atomic E-state index is 5.24. The highest BCUT2D eigenvalue weighted by Gasteiger charge is 2.23. The van der Waals surface area contributed by atoms with Crippen LogP contribution in [0, 0.1) is 13.8 Å². The molecule has 0 aliphatic rings. The second-order valence-corrected chi connectivity index (χ2v) is 10.7. The smallest absolute Gasteiger partial charge is 0.220 e. The molecule has 0 atom stereocenters. The van der Waals surface area contributed by atoms with Gasteiger partial charge in [0.05, 0.1) is 27.6 Å². The van der Waals surface area contributed by atoms with Gasteiger partial charge in [-0.3, -0.25) is 8.80 Å². The third-order valence-electron chi connectivity index (χ3n) is 8.35. The van der Waals surface area contributed by atoms with Crippen molar-refractivity contribution in [3.8, 4) is 11.1 Å². The largest absolute Gasteiger partial charge is 0.277 e. The van der Waals surface area contributed by atoms with E-state index in [1.165, 1.54) is 71.1 Å². The summed E-state index contributed by atoms with van der Waals surface area (Å²) in [5, 5.41) is 7.51. The van der Waals surface area contributed by atoms with Crippen LogP contribution in [0.4, 0.5) is 0 Å². The number of rotatable bonds is 1. The Morgan fingerprint density at radius 3 is 1.97 bits per heavy atom. The van der Waals surface area contributed by atoms with Crippen LogP contribution in [0.5, 0.6) is 0 Å². The number of benzene rings is 6. The summed E-state index contributed by atoms with van der Waals surface area (Å²) in [4.78, 5) is 5.24. The molecule has 0 amide bonds. The Bertz CT molecular complexity index is 2420. The molecule has 0 bridgehead atoms. The highest BCUT2D eigenvalue weighted by molar-refractivity contribution is 6.20. The van der Waals surface area contributed by atoms with Gasteiger partial charge in [0.25, 0.3) is 0 Å². The summed E-state index contributed by atoms with van der Waals surface area (Å²) in [5.74, 6) is 0.971. The van der Waals surface area contributed by atoms with Crippen molar-refractivity contribution in [2.24, 2.45) is 0 Å². The number of hydrogen-bond donors (Lipinski definition) is 0. The van der Waals surface area contributed by atoms with E-state index in [2.05, 4.69) is 126 Å². The Kier molecular flexibility index (Phi) is 3.67. The van der Waals surface area contributed by atoms with Crippen molar-refractivity contribution in [3.05, 3.63) is 114 Å². The average Bonchev–Trinajstić information content (AvgIpc) is 3.55. The number of hydrogen-bond acceptors (Lipinski definition) is 1. The summed E-state index contributed by atoms with van der Waals surface area (Å²) in [6.07, 6.45) is 0. The van der Waals surface area contributed by atoms with Gasteiger partial charge in [-0.05, 0) is 88.5 Å². The van der Waals surface area contributed by atoms with E-state index in [4.69, 9.17) is 4.98 Å². The number of fused-ring (bicyclic) bond motifs is 10. The molecule has 0 saturated carbocycles. The third kappa shape index (κ3) is 2.51. The second-order valence-electron chi connectivity index (χ2n) is 10.7. The first-order valence-corrected chi connectivity index (χ1v) is 13.1. The first-order chi connectivity index (χ1) is 18.6. The van der Waals surface area contributed by atoms with Crippen molar-refractivity contribution >= 4 is 65.7 Å². The number of nitrogens with zero attached hydrogens (tertiary/aromatic N) is 3. The third-order valence-corrected chi connectivity index (χ3v) is 8.35. The molecule has 178 valence electrons. The van der Waals surface area contributed by atoms with Gasteiger partial charge >= 0.3 is 0 Å². The van der Waals surface area contributed by atoms with Crippen LogP contribution in [0.25, 0.3) is 76.8 Å². The summed E-state index contributed by atoms with van der Waals surface area (Å²) in [6, 6.07) is 37.9. The first kappa shape index (κ1) is 20.2. The van der Waals surface area contributed by atoms with Gasteiger partial charge in [0.2, 0.25) is 5.78 Å². The van der Waals surface area contributed by atoms with Crippen molar-refractivity contribution in [2.45, 2.75) is 13.8 Å². The highest BCUT2D eigenvalue weighted by atomic mass is 15.2. The summed E-state index contributed by atoms with van der Waals surface area (Å²) in [6.45, 7) is 4.37. The minimum atomic E-state index is 0.971. The van der Waals surface area contributed by atoms with E-state index in [0.717, 1.165) is 16.8 Å². The lowest BCUT2D eigenvalue weighted by Gasteiger charge is -2.09. The van der Waals surface area contributed by atoms with Gasteiger partial charge in [0.15, 0.2) is 0 Å². The van der Waals surface area contributed by atoms with Crippen molar-refractivity contribution in [1.29, 1.82) is 0 Å². The molecule has 9 rings (SSSR count). The summed E-state index contributed by atoms with van der Waals surface area (Å²) < 4.78 is 4.74. The van der Waals surface area contributed by atoms with Crippen LogP contribution in [-0.4, -0.2) is 13.8 Å². The van der Waals surface area contributed by atoms with E-state index >= 15 is 0 Å². The van der Waals surface area contributed by atoms with E-state index in [1.54, 1.807) is 0 Å². The molecule has 0 aliphatic carbocycles. The molecule has 3 heterocycles. The normalized spacial score (nSPS) is 12.5.